The lowest BCUT2D eigenvalue weighted by Gasteiger charge is -2.13. The molecule has 2 heterocycles. The largest absolute Gasteiger partial charge is 0.368 e. The van der Waals surface area contributed by atoms with Gasteiger partial charge < -0.3 is 26.0 Å². The van der Waals surface area contributed by atoms with E-state index in [1.54, 1.807) is 18.2 Å². The van der Waals surface area contributed by atoms with Crippen LogP contribution >= 0.6 is 11.6 Å². The topological polar surface area (TPSA) is 117 Å². The molecule has 0 spiro atoms. The van der Waals surface area contributed by atoms with Gasteiger partial charge in [0.2, 0.25) is 11.8 Å². The number of hydrogen-bond donors (Lipinski definition) is 4. The molecule has 3 rings (SSSR count). The number of nitrogens with one attached hydrogen (secondary N) is 4. The molecule has 2 aromatic rings. The van der Waals surface area contributed by atoms with E-state index in [0.717, 1.165) is 18.4 Å². The van der Waals surface area contributed by atoms with Crippen molar-refractivity contribution in [2.45, 2.75) is 25.9 Å². The van der Waals surface area contributed by atoms with Crippen LogP contribution in [0.5, 0.6) is 0 Å². The normalized spacial score (nSPS) is 15.4. The maximum absolute atomic E-state index is 12.0. The Kier molecular flexibility index (Phi) is 8.43. The third-order valence-corrected chi connectivity index (χ3v) is 4.84. The quantitative estimate of drug-likeness (QED) is 0.412. The van der Waals surface area contributed by atoms with Gasteiger partial charge in [-0.1, -0.05) is 11.6 Å². The number of hydrogen-bond acceptors (Lipinski definition) is 7. The summed E-state index contributed by atoms with van der Waals surface area (Å²) in [6.45, 7) is 4.07. The van der Waals surface area contributed by atoms with Crippen molar-refractivity contribution in [3.05, 3.63) is 35.4 Å². The molecule has 1 aromatic carbocycles. The molecule has 1 fully saturated rings. The molecule has 1 aromatic heterocycles. The number of aromatic nitrogens is 2. The molecule has 166 valence electrons. The van der Waals surface area contributed by atoms with Crippen molar-refractivity contribution in [1.82, 2.24) is 20.6 Å². The third kappa shape index (κ3) is 7.37. The predicted molar refractivity (Wildman–Crippen MR) is 120 cm³/mol. The van der Waals surface area contributed by atoms with Crippen LogP contribution in [-0.2, 0) is 14.3 Å². The smallest absolute Gasteiger partial charge is 0.249 e. The van der Waals surface area contributed by atoms with E-state index in [2.05, 4.69) is 31.2 Å². The summed E-state index contributed by atoms with van der Waals surface area (Å²) >= 11 is 5.99. The van der Waals surface area contributed by atoms with Gasteiger partial charge in [0.15, 0.2) is 5.82 Å². The van der Waals surface area contributed by atoms with Gasteiger partial charge in [-0.05, 0) is 37.1 Å². The van der Waals surface area contributed by atoms with Crippen molar-refractivity contribution in [2.24, 2.45) is 0 Å². The summed E-state index contributed by atoms with van der Waals surface area (Å²) in [6.07, 6.45) is 1.35. The lowest BCUT2D eigenvalue weighted by Crippen LogP contribution is -2.36. The van der Waals surface area contributed by atoms with Gasteiger partial charge in [-0.2, -0.15) is 0 Å². The molecule has 0 aliphatic carbocycles. The highest BCUT2D eigenvalue weighted by molar-refractivity contribution is 6.30. The van der Waals surface area contributed by atoms with E-state index in [9.17, 15) is 9.59 Å². The molecule has 0 radical (unpaired) electrons. The maximum atomic E-state index is 12.0. The van der Waals surface area contributed by atoms with Crippen molar-refractivity contribution in [3.8, 4) is 11.4 Å². The molecular weight excluding hydrogens is 420 g/mol. The minimum Gasteiger partial charge on any atom is -0.368 e. The number of rotatable bonds is 10. The average Bonchev–Trinajstić information content (AvgIpc) is 3.29. The predicted octanol–water partition coefficient (Wildman–Crippen LogP) is 2.05. The van der Waals surface area contributed by atoms with Gasteiger partial charge in [0.05, 0.1) is 0 Å². The Hall–Kier alpha value is -2.91. The van der Waals surface area contributed by atoms with E-state index in [4.69, 9.17) is 16.3 Å². The van der Waals surface area contributed by atoms with Gasteiger partial charge >= 0.3 is 0 Å². The van der Waals surface area contributed by atoms with Crippen LogP contribution in [0.4, 0.5) is 11.6 Å². The number of carbonyl (C=O) groups is 2. The van der Waals surface area contributed by atoms with E-state index >= 15 is 0 Å². The van der Waals surface area contributed by atoms with E-state index in [1.807, 2.05) is 12.1 Å². The highest BCUT2D eigenvalue weighted by Gasteiger charge is 2.22. The first-order chi connectivity index (χ1) is 15.0. The van der Waals surface area contributed by atoms with E-state index in [0.29, 0.717) is 55.3 Å². The number of amides is 2. The van der Waals surface area contributed by atoms with Crippen LogP contribution in [-0.4, -0.2) is 60.7 Å². The molecule has 1 atom stereocenters. The van der Waals surface area contributed by atoms with E-state index in [1.165, 1.54) is 6.92 Å². The zero-order valence-corrected chi connectivity index (χ0v) is 18.2. The Morgan fingerprint density at radius 1 is 1.03 bits per heavy atom. The second-order valence-electron chi connectivity index (χ2n) is 7.10. The highest BCUT2D eigenvalue weighted by atomic mass is 35.5. The summed E-state index contributed by atoms with van der Waals surface area (Å²) in [5, 5.41) is 12.6. The molecule has 1 aliphatic rings. The van der Waals surface area contributed by atoms with Crippen molar-refractivity contribution >= 4 is 35.1 Å². The molecular formula is C21H27ClN6O3. The summed E-state index contributed by atoms with van der Waals surface area (Å²) < 4.78 is 5.38. The lowest BCUT2D eigenvalue weighted by atomic mass is 10.2. The number of anilines is 2. The Morgan fingerprint density at radius 2 is 1.68 bits per heavy atom. The fourth-order valence-electron chi connectivity index (χ4n) is 3.06. The van der Waals surface area contributed by atoms with Crippen molar-refractivity contribution in [2.75, 3.05) is 43.4 Å². The van der Waals surface area contributed by atoms with Gasteiger partial charge in [0.1, 0.15) is 17.7 Å². The first-order valence-corrected chi connectivity index (χ1v) is 10.7. The third-order valence-electron chi connectivity index (χ3n) is 4.59. The molecule has 4 N–H and O–H groups in total. The Labute approximate surface area is 186 Å². The summed E-state index contributed by atoms with van der Waals surface area (Å²) in [5.74, 6) is 1.61. The zero-order valence-electron chi connectivity index (χ0n) is 17.4. The van der Waals surface area contributed by atoms with Gasteiger partial charge in [0, 0.05) is 56.4 Å². The van der Waals surface area contributed by atoms with Crippen LogP contribution < -0.4 is 21.3 Å². The van der Waals surface area contributed by atoms with E-state index in [-0.39, 0.29) is 17.9 Å². The highest BCUT2D eigenvalue weighted by Crippen LogP contribution is 2.22. The summed E-state index contributed by atoms with van der Waals surface area (Å²) in [5.41, 5.74) is 0.824. The number of benzene rings is 1. The van der Waals surface area contributed by atoms with Crippen LogP contribution in [0.1, 0.15) is 19.8 Å². The van der Waals surface area contributed by atoms with Crippen molar-refractivity contribution < 1.29 is 14.3 Å². The Bertz CT molecular complexity index is 887. The van der Waals surface area contributed by atoms with Gasteiger partial charge in [-0.25, -0.2) is 9.97 Å². The average molecular weight is 447 g/mol. The van der Waals surface area contributed by atoms with Crippen molar-refractivity contribution in [3.63, 3.8) is 0 Å². The van der Waals surface area contributed by atoms with Gasteiger partial charge in [-0.3, -0.25) is 9.59 Å². The summed E-state index contributed by atoms with van der Waals surface area (Å²) in [7, 11) is 0. The fourth-order valence-corrected chi connectivity index (χ4v) is 3.19. The van der Waals surface area contributed by atoms with Crippen LogP contribution in [0.2, 0.25) is 5.02 Å². The minimum absolute atomic E-state index is 0.0795. The molecule has 9 nitrogen and oxygen atoms in total. The fraction of sp³-hybridized carbons (Fsp3) is 0.429. The zero-order chi connectivity index (χ0) is 22.1. The standard InChI is InChI=1S/C21H27ClN6O3/c1-14(29)23-8-9-24-18-13-19(25-10-11-26-21(30)17-3-2-12-31-17)28-20(27-18)15-4-6-16(22)7-5-15/h4-7,13,17H,2-3,8-12H2,1H3,(H,23,29)(H,26,30)(H2,24,25,27,28). The summed E-state index contributed by atoms with van der Waals surface area (Å²) in [4.78, 5) is 32.2. The molecule has 31 heavy (non-hydrogen) atoms. The monoisotopic (exact) mass is 446 g/mol. The van der Waals surface area contributed by atoms with Crippen LogP contribution in [0.15, 0.2) is 30.3 Å². The Morgan fingerprint density at radius 3 is 2.26 bits per heavy atom. The Balaban J connectivity index is 1.61. The molecule has 1 aliphatic heterocycles. The lowest BCUT2D eigenvalue weighted by molar-refractivity contribution is -0.129. The van der Waals surface area contributed by atoms with Crippen LogP contribution in [0, 0.1) is 0 Å². The molecule has 1 unspecified atom stereocenters. The molecule has 2 amide bonds. The minimum atomic E-state index is -0.338. The first kappa shape index (κ1) is 22.8. The summed E-state index contributed by atoms with van der Waals surface area (Å²) in [6, 6.07) is 9.06. The number of carbonyl (C=O) groups excluding carboxylic acids is 2. The maximum Gasteiger partial charge on any atom is 0.249 e. The number of nitrogens with zero attached hydrogens (tertiary/aromatic N) is 2. The van der Waals surface area contributed by atoms with Crippen LogP contribution in [0.25, 0.3) is 11.4 Å². The van der Waals surface area contributed by atoms with E-state index < -0.39 is 0 Å². The van der Waals surface area contributed by atoms with Gasteiger partial charge in [-0.15, -0.1) is 0 Å². The second kappa shape index (κ2) is 11.5. The molecule has 10 heteroatoms. The number of halogens is 1. The van der Waals surface area contributed by atoms with Crippen molar-refractivity contribution in [1.29, 1.82) is 0 Å². The van der Waals surface area contributed by atoms with Crippen LogP contribution in [0.3, 0.4) is 0 Å². The number of ether oxygens (including phenoxy) is 1. The molecule has 1 saturated heterocycles. The molecule has 0 bridgehead atoms. The second-order valence-corrected chi connectivity index (χ2v) is 7.53. The molecule has 0 saturated carbocycles. The SMILES string of the molecule is CC(=O)NCCNc1cc(NCCNC(=O)C2CCCO2)nc(-c2ccc(Cl)cc2)n1. The van der Waals surface area contributed by atoms with Gasteiger partial charge in [0.25, 0.3) is 0 Å². The first-order valence-electron chi connectivity index (χ1n) is 10.3.